The Kier molecular flexibility index (Phi) is 6.96. The van der Waals surface area contributed by atoms with Gasteiger partial charge in [0.2, 0.25) is 0 Å². The molecule has 0 N–H and O–H groups in total. The molecular weight excluding hydrogens is 402 g/mol. The molecule has 6 nitrogen and oxygen atoms in total. The summed E-state index contributed by atoms with van der Waals surface area (Å²) >= 11 is 6.11. The van der Waals surface area contributed by atoms with E-state index < -0.39 is 5.97 Å². The first-order valence-electron chi connectivity index (χ1n) is 9.92. The summed E-state index contributed by atoms with van der Waals surface area (Å²) in [5.41, 5.74) is 3.27. The Labute approximate surface area is 181 Å². The molecule has 1 aliphatic heterocycles. The molecule has 0 spiro atoms. The largest absolute Gasteiger partial charge is 0.451 e. The van der Waals surface area contributed by atoms with Crippen LogP contribution in [0.2, 0.25) is 5.02 Å². The highest BCUT2D eigenvalue weighted by atomic mass is 35.5. The highest BCUT2D eigenvalue weighted by Crippen LogP contribution is 2.24. The van der Waals surface area contributed by atoms with Crippen LogP contribution in [0.25, 0.3) is 11.8 Å². The molecule has 156 valence electrons. The first-order valence-corrected chi connectivity index (χ1v) is 10.3. The first-order chi connectivity index (χ1) is 14.4. The Balaban J connectivity index is 1.76. The van der Waals surface area contributed by atoms with Gasteiger partial charge in [0.05, 0.1) is 0 Å². The fraction of sp³-hybridized carbons (Fsp3) is 0.348. The Bertz CT molecular complexity index is 1030. The number of carbonyl (C=O) groups excluding carboxylic acids is 2. The predicted molar refractivity (Wildman–Crippen MR) is 115 cm³/mol. The topological polar surface area (TPSA) is 75.3 Å². The molecular formula is C23H24ClN3O3. The van der Waals surface area contributed by atoms with E-state index in [0.717, 1.165) is 41.9 Å². The Hall–Kier alpha value is -3.04. The molecule has 30 heavy (non-hydrogen) atoms. The molecule has 0 radical (unpaired) electrons. The van der Waals surface area contributed by atoms with Crippen LogP contribution in [0.4, 0.5) is 0 Å². The van der Waals surface area contributed by atoms with E-state index in [4.69, 9.17) is 16.3 Å². The van der Waals surface area contributed by atoms with Gasteiger partial charge in [0.15, 0.2) is 6.61 Å². The molecule has 0 saturated carbocycles. The van der Waals surface area contributed by atoms with Crippen LogP contribution in [0.3, 0.4) is 0 Å². The maximum atomic E-state index is 12.4. The van der Waals surface area contributed by atoms with Crippen LogP contribution < -0.4 is 0 Å². The van der Waals surface area contributed by atoms with Gasteiger partial charge in [-0.3, -0.25) is 4.79 Å². The predicted octanol–water partition coefficient (Wildman–Crippen LogP) is 4.21. The minimum atomic E-state index is -0.796. The fourth-order valence-corrected chi connectivity index (χ4v) is 3.86. The van der Waals surface area contributed by atoms with E-state index in [1.165, 1.54) is 6.08 Å². The number of carbonyl (C=O) groups is 2. The number of amides is 1. The van der Waals surface area contributed by atoms with Gasteiger partial charge in [-0.05, 0) is 69.0 Å². The van der Waals surface area contributed by atoms with Crippen molar-refractivity contribution in [3.8, 4) is 11.8 Å². The van der Waals surface area contributed by atoms with Crippen molar-refractivity contribution in [2.75, 3.05) is 19.7 Å². The lowest BCUT2D eigenvalue weighted by Crippen LogP contribution is -2.38. The van der Waals surface area contributed by atoms with Crippen LogP contribution in [0, 0.1) is 25.2 Å². The molecule has 2 heterocycles. The number of benzene rings is 1. The van der Waals surface area contributed by atoms with Gasteiger partial charge in [0.25, 0.3) is 5.91 Å². The second kappa shape index (κ2) is 9.64. The quantitative estimate of drug-likeness (QED) is 0.408. The number of nitrogens with zero attached hydrogens (tertiary/aromatic N) is 3. The number of rotatable bonds is 5. The lowest BCUT2D eigenvalue weighted by molar-refractivity contribution is -0.149. The van der Waals surface area contributed by atoms with E-state index in [1.807, 2.05) is 48.7 Å². The normalized spacial score (nSPS) is 14.3. The second-order valence-electron chi connectivity index (χ2n) is 7.33. The third-order valence-corrected chi connectivity index (χ3v) is 5.45. The van der Waals surface area contributed by atoms with Gasteiger partial charge in [0, 0.05) is 35.2 Å². The van der Waals surface area contributed by atoms with E-state index >= 15 is 0 Å². The average Bonchev–Trinajstić information content (AvgIpc) is 3.03. The van der Waals surface area contributed by atoms with Crippen molar-refractivity contribution in [2.45, 2.75) is 33.1 Å². The maximum absolute atomic E-state index is 12.4. The monoisotopic (exact) mass is 425 g/mol. The average molecular weight is 426 g/mol. The smallest absolute Gasteiger partial charge is 0.349 e. The van der Waals surface area contributed by atoms with Gasteiger partial charge in [-0.2, -0.15) is 5.26 Å². The molecule has 0 aliphatic carbocycles. The SMILES string of the molecule is Cc1cc(C=C(C#N)C(=O)OCC(=O)N2CCCCC2)c(C)n1-c1cccc(Cl)c1. The maximum Gasteiger partial charge on any atom is 0.349 e. The number of piperidine rings is 1. The molecule has 0 atom stereocenters. The summed E-state index contributed by atoms with van der Waals surface area (Å²) in [5.74, 6) is -1.02. The number of halogens is 1. The van der Waals surface area contributed by atoms with E-state index in [0.29, 0.717) is 18.1 Å². The van der Waals surface area contributed by atoms with Crippen molar-refractivity contribution in [2.24, 2.45) is 0 Å². The highest BCUT2D eigenvalue weighted by Gasteiger charge is 2.20. The molecule has 2 aromatic rings. The summed E-state index contributed by atoms with van der Waals surface area (Å²) in [6.45, 7) is 4.87. The van der Waals surface area contributed by atoms with Crippen molar-refractivity contribution in [1.29, 1.82) is 5.26 Å². The van der Waals surface area contributed by atoms with Crippen LogP contribution in [-0.2, 0) is 14.3 Å². The molecule has 0 bridgehead atoms. The summed E-state index contributed by atoms with van der Waals surface area (Å²) in [4.78, 5) is 26.3. The second-order valence-corrected chi connectivity index (χ2v) is 7.77. The Morgan fingerprint density at radius 1 is 1.20 bits per heavy atom. The van der Waals surface area contributed by atoms with Crippen LogP contribution in [0.1, 0.15) is 36.2 Å². The van der Waals surface area contributed by atoms with Gasteiger partial charge in [-0.25, -0.2) is 4.79 Å². The lowest BCUT2D eigenvalue weighted by atomic mass is 10.1. The van der Waals surface area contributed by atoms with Crippen molar-refractivity contribution in [1.82, 2.24) is 9.47 Å². The molecule has 1 fully saturated rings. The minimum absolute atomic E-state index is 0.146. The molecule has 7 heteroatoms. The zero-order valence-electron chi connectivity index (χ0n) is 17.2. The number of aromatic nitrogens is 1. The third kappa shape index (κ3) is 4.92. The van der Waals surface area contributed by atoms with Crippen molar-refractivity contribution in [3.05, 3.63) is 57.9 Å². The molecule has 1 saturated heterocycles. The lowest BCUT2D eigenvalue weighted by Gasteiger charge is -2.26. The highest BCUT2D eigenvalue weighted by molar-refractivity contribution is 6.30. The van der Waals surface area contributed by atoms with Crippen LogP contribution in [0.15, 0.2) is 35.9 Å². The van der Waals surface area contributed by atoms with E-state index in [9.17, 15) is 14.9 Å². The summed E-state index contributed by atoms with van der Waals surface area (Å²) in [5, 5.41) is 10.1. The van der Waals surface area contributed by atoms with Crippen molar-refractivity contribution >= 4 is 29.6 Å². The number of esters is 1. The molecule has 1 aromatic carbocycles. The van der Waals surface area contributed by atoms with E-state index in [2.05, 4.69) is 0 Å². The van der Waals surface area contributed by atoms with Gasteiger partial charge in [-0.1, -0.05) is 17.7 Å². The molecule has 3 rings (SSSR count). The minimum Gasteiger partial charge on any atom is -0.451 e. The molecule has 0 unspecified atom stereocenters. The summed E-state index contributed by atoms with van der Waals surface area (Å²) in [6, 6.07) is 11.2. The standard InChI is InChI=1S/C23H24ClN3O3/c1-16-11-18(17(2)27(16)21-8-6-7-20(24)13-21)12-19(14-25)23(29)30-15-22(28)26-9-4-3-5-10-26/h6-8,11-13H,3-5,9-10,15H2,1-2H3. The van der Waals surface area contributed by atoms with Gasteiger partial charge in [-0.15, -0.1) is 0 Å². The van der Waals surface area contributed by atoms with Crippen LogP contribution >= 0.6 is 11.6 Å². The Morgan fingerprint density at radius 3 is 2.60 bits per heavy atom. The van der Waals surface area contributed by atoms with Crippen molar-refractivity contribution in [3.63, 3.8) is 0 Å². The zero-order valence-corrected chi connectivity index (χ0v) is 17.9. The number of aryl methyl sites for hydroxylation is 1. The fourth-order valence-electron chi connectivity index (χ4n) is 3.68. The number of nitriles is 1. The van der Waals surface area contributed by atoms with Gasteiger partial charge >= 0.3 is 5.97 Å². The zero-order chi connectivity index (χ0) is 21.7. The number of ether oxygens (including phenoxy) is 1. The molecule has 1 aromatic heterocycles. The van der Waals surface area contributed by atoms with Gasteiger partial charge in [0.1, 0.15) is 11.6 Å². The summed E-state index contributed by atoms with van der Waals surface area (Å²) in [7, 11) is 0. The van der Waals surface area contributed by atoms with Crippen molar-refractivity contribution < 1.29 is 14.3 Å². The van der Waals surface area contributed by atoms with E-state index in [-0.39, 0.29) is 18.1 Å². The summed E-state index contributed by atoms with van der Waals surface area (Å²) in [6.07, 6.45) is 4.53. The summed E-state index contributed by atoms with van der Waals surface area (Å²) < 4.78 is 7.11. The first kappa shape index (κ1) is 21.7. The van der Waals surface area contributed by atoms with Crippen LogP contribution in [0.5, 0.6) is 0 Å². The molecule has 1 aliphatic rings. The van der Waals surface area contributed by atoms with Gasteiger partial charge < -0.3 is 14.2 Å². The Morgan fingerprint density at radius 2 is 1.93 bits per heavy atom. The third-order valence-electron chi connectivity index (χ3n) is 5.21. The number of hydrogen-bond donors (Lipinski definition) is 0. The molecule has 1 amide bonds. The number of likely N-dealkylation sites (tertiary alicyclic amines) is 1. The van der Waals surface area contributed by atoms with Crippen LogP contribution in [-0.4, -0.2) is 41.0 Å². The van der Waals surface area contributed by atoms with E-state index in [1.54, 1.807) is 11.0 Å². The number of hydrogen-bond acceptors (Lipinski definition) is 4.